The van der Waals surface area contributed by atoms with E-state index in [1.165, 1.54) is 0 Å². The number of carboxylic acids is 1. The van der Waals surface area contributed by atoms with Crippen LogP contribution < -0.4 is 0 Å². The molecule has 1 unspecified atom stereocenters. The van der Waals surface area contributed by atoms with Crippen molar-refractivity contribution in [3.8, 4) is 0 Å². The first-order valence-corrected chi connectivity index (χ1v) is 7.31. The average Bonchev–Trinajstić information content (AvgIpc) is 2.35. The molecule has 1 aromatic rings. The highest BCUT2D eigenvalue weighted by Gasteiger charge is 2.23. The highest BCUT2D eigenvalue weighted by molar-refractivity contribution is 8.00. The number of carboxylic acid groups (broad SMARTS) is 1. The Morgan fingerprint density at radius 3 is 2.74 bits per heavy atom. The van der Waals surface area contributed by atoms with Gasteiger partial charge in [0.1, 0.15) is 0 Å². The van der Waals surface area contributed by atoms with Gasteiger partial charge in [-0.1, -0.05) is 23.2 Å². The summed E-state index contributed by atoms with van der Waals surface area (Å²) >= 11 is 14.0. The molecular formula is C14H12Cl2O2S. The van der Waals surface area contributed by atoms with Gasteiger partial charge in [0.05, 0.1) is 5.03 Å². The van der Waals surface area contributed by atoms with Crippen molar-refractivity contribution in [3.63, 3.8) is 0 Å². The van der Waals surface area contributed by atoms with E-state index in [4.69, 9.17) is 28.3 Å². The molecule has 1 aromatic carbocycles. The first kappa shape index (κ1) is 14.5. The molecule has 1 N–H and O–H groups in total. The summed E-state index contributed by atoms with van der Waals surface area (Å²) < 4.78 is 0. The fraction of sp³-hybridized carbons (Fsp3) is 0.214. The lowest BCUT2D eigenvalue weighted by atomic mass is 10.0. The van der Waals surface area contributed by atoms with E-state index in [2.05, 4.69) is 0 Å². The summed E-state index contributed by atoms with van der Waals surface area (Å²) in [6, 6.07) is 5.57. The van der Waals surface area contributed by atoms with Crippen LogP contribution in [-0.2, 0) is 4.79 Å². The predicted molar refractivity (Wildman–Crippen MR) is 80.9 cm³/mol. The topological polar surface area (TPSA) is 37.3 Å². The van der Waals surface area contributed by atoms with Crippen LogP contribution in [0.2, 0.25) is 5.02 Å². The minimum absolute atomic E-state index is 0.107. The molecule has 5 heteroatoms. The van der Waals surface area contributed by atoms with Crippen molar-refractivity contribution in [1.82, 2.24) is 0 Å². The Morgan fingerprint density at radius 1 is 1.42 bits per heavy atom. The Morgan fingerprint density at radius 2 is 2.11 bits per heavy atom. The molecule has 1 atom stereocenters. The number of rotatable bonds is 2. The maximum absolute atomic E-state index is 10.9. The Bertz CT molecular complexity index is 605. The second-order valence-corrected chi connectivity index (χ2v) is 6.50. The molecule has 0 aliphatic carbocycles. The van der Waals surface area contributed by atoms with Crippen LogP contribution in [0.4, 0.5) is 0 Å². The third-order valence-corrected chi connectivity index (χ3v) is 4.76. The summed E-state index contributed by atoms with van der Waals surface area (Å²) in [5.41, 5.74) is 1.95. The SMILES string of the molecule is C/C(=C\C1=C(Cl)c2cc(Cl)ccc2SC1C)C(=O)O. The van der Waals surface area contributed by atoms with Gasteiger partial charge in [-0.3, -0.25) is 0 Å². The van der Waals surface area contributed by atoms with Gasteiger partial charge in [-0.05, 0) is 43.7 Å². The van der Waals surface area contributed by atoms with Crippen LogP contribution in [-0.4, -0.2) is 16.3 Å². The maximum atomic E-state index is 10.9. The first-order chi connectivity index (χ1) is 8.90. The van der Waals surface area contributed by atoms with Gasteiger partial charge < -0.3 is 5.11 Å². The lowest BCUT2D eigenvalue weighted by Gasteiger charge is -2.23. The molecule has 0 saturated heterocycles. The van der Waals surface area contributed by atoms with Gasteiger partial charge in [-0.25, -0.2) is 4.79 Å². The molecule has 0 amide bonds. The smallest absolute Gasteiger partial charge is 0.331 e. The van der Waals surface area contributed by atoms with Crippen LogP contribution in [0, 0.1) is 0 Å². The van der Waals surface area contributed by atoms with Crippen molar-refractivity contribution in [1.29, 1.82) is 0 Å². The van der Waals surface area contributed by atoms with E-state index in [1.807, 2.05) is 25.1 Å². The molecule has 1 aliphatic rings. The van der Waals surface area contributed by atoms with E-state index in [0.717, 1.165) is 16.0 Å². The summed E-state index contributed by atoms with van der Waals surface area (Å²) in [5.74, 6) is -0.939. The van der Waals surface area contributed by atoms with E-state index in [1.54, 1.807) is 24.8 Å². The zero-order chi connectivity index (χ0) is 14.2. The van der Waals surface area contributed by atoms with E-state index < -0.39 is 5.97 Å². The molecule has 2 nitrogen and oxygen atoms in total. The molecule has 0 aromatic heterocycles. The molecule has 2 rings (SSSR count). The van der Waals surface area contributed by atoms with Crippen molar-refractivity contribution >= 4 is 46.0 Å². The normalized spacial score (nSPS) is 19.4. The number of fused-ring (bicyclic) bond motifs is 1. The summed E-state index contributed by atoms with van der Waals surface area (Å²) in [4.78, 5) is 12.0. The summed E-state index contributed by atoms with van der Waals surface area (Å²) in [7, 11) is 0. The minimum atomic E-state index is -0.939. The lowest BCUT2D eigenvalue weighted by molar-refractivity contribution is -0.132. The van der Waals surface area contributed by atoms with E-state index in [0.29, 0.717) is 10.1 Å². The molecule has 0 fully saturated rings. The molecular weight excluding hydrogens is 303 g/mol. The van der Waals surface area contributed by atoms with Crippen LogP contribution in [0.3, 0.4) is 0 Å². The number of hydrogen-bond acceptors (Lipinski definition) is 2. The van der Waals surface area contributed by atoms with Crippen LogP contribution >= 0.6 is 35.0 Å². The van der Waals surface area contributed by atoms with E-state index >= 15 is 0 Å². The van der Waals surface area contributed by atoms with Gasteiger partial charge in [0.15, 0.2) is 0 Å². The monoisotopic (exact) mass is 314 g/mol. The number of thioether (sulfide) groups is 1. The lowest BCUT2D eigenvalue weighted by Crippen LogP contribution is -2.09. The number of halogens is 2. The number of carbonyl (C=O) groups is 1. The van der Waals surface area contributed by atoms with Gasteiger partial charge in [-0.15, -0.1) is 11.8 Å². The molecule has 100 valence electrons. The quantitative estimate of drug-likeness (QED) is 0.795. The molecule has 1 heterocycles. The Labute approximate surface area is 126 Å². The van der Waals surface area contributed by atoms with E-state index in [-0.39, 0.29) is 10.8 Å². The largest absolute Gasteiger partial charge is 0.478 e. The molecule has 1 aliphatic heterocycles. The standard InChI is InChI=1S/C14H12Cl2O2S/c1-7(14(17)18)5-10-8(2)19-12-4-3-9(15)6-11(12)13(10)16/h3-6,8H,1-2H3,(H,17,18)/b7-5+. The molecule has 0 radical (unpaired) electrons. The second-order valence-electron chi connectivity index (χ2n) is 4.30. The van der Waals surface area contributed by atoms with Gasteiger partial charge >= 0.3 is 5.97 Å². The van der Waals surface area contributed by atoms with E-state index in [9.17, 15) is 4.79 Å². The van der Waals surface area contributed by atoms with Crippen LogP contribution in [0.15, 0.2) is 40.3 Å². The Balaban J connectivity index is 2.56. The van der Waals surface area contributed by atoms with Gasteiger partial charge in [-0.2, -0.15) is 0 Å². The number of hydrogen-bond donors (Lipinski definition) is 1. The number of aliphatic carboxylic acids is 1. The van der Waals surface area contributed by atoms with Gasteiger partial charge in [0.2, 0.25) is 0 Å². The fourth-order valence-electron chi connectivity index (χ4n) is 1.84. The predicted octanol–water partition coefficient (Wildman–Crippen LogP) is 4.82. The second kappa shape index (κ2) is 5.61. The summed E-state index contributed by atoms with van der Waals surface area (Å²) in [6.45, 7) is 3.57. The van der Waals surface area contributed by atoms with Crippen LogP contribution in [0.1, 0.15) is 19.4 Å². The fourth-order valence-corrected chi connectivity index (χ4v) is 3.64. The highest BCUT2D eigenvalue weighted by atomic mass is 35.5. The van der Waals surface area contributed by atoms with Crippen molar-refractivity contribution in [2.75, 3.05) is 0 Å². The van der Waals surface area contributed by atoms with Crippen molar-refractivity contribution in [2.45, 2.75) is 24.0 Å². The number of allylic oxidation sites excluding steroid dienone is 1. The Hall–Kier alpha value is -0.900. The molecule has 0 spiro atoms. The van der Waals surface area contributed by atoms with Gasteiger partial charge in [0, 0.05) is 26.3 Å². The van der Waals surface area contributed by atoms with Crippen molar-refractivity contribution in [2.24, 2.45) is 0 Å². The molecule has 0 saturated carbocycles. The van der Waals surface area contributed by atoms with Crippen LogP contribution in [0.25, 0.3) is 5.03 Å². The van der Waals surface area contributed by atoms with Crippen LogP contribution in [0.5, 0.6) is 0 Å². The third kappa shape index (κ3) is 2.99. The van der Waals surface area contributed by atoms with Crippen molar-refractivity contribution in [3.05, 3.63) is 46.0 Å². The zero-order valence-electron chi connectivity index (χ0n) is 10.4. The first-order valence-electron chi connectivity index (χ1n) is 5.68. The average molecular weight is 315 g/mol. The van der Waals surface area contributed by atoms with Gasteiger partial charge in [0.25, 0.3) is 0 Å². The third-order valence-electron chi connectivity index (χ3n) is 2.88. The van der Waals surface area contributed by atoms with Crippen molar-refractivity contribution < 1.29 is 9.90 Å². The minimum Gasteiger partial charge on any atom is -0.478 e. The zero-order valence-corrected chi connectivity index (χ0v) is 12.7. The summed E-state index contributed by atoms with van der Waals surface area (Å²) in [5, 5.41) is 10.3. The Kier molecular flexibility index (Phi) is 4.29. The molecule has 19 heavy (non-hydrogen) atoms. The maximum Gasteiger partial charge on any atom is 0.331 e. The molecule has 0 bridgehead atoms. The number of benzene rings is 1. The summed E-state index contributed by atoms with van der Waals surface area (Å²) in [6.07, 6.45) is 1.63. The highest BCUT2D eigenvalue weighted by Crippen LogP contribution is 2.44.